The molecule has 2 unspecified atom stereocenters. The average molecular weight is 247 g/mol. The third-order valence-electron chi connectivity index (χ3n) is 4.17. The fraction of sp³-hybridized carbons (Fsp3) is 0.600. The molecule has 92 valence electrons. The highest BCUT2D eigenvalue weighted by Gasteiger charge is 2.24. The quantitative estimate of drug-likeness (QED) is 0.878. The standard InChI is InChI=1S/C15H21NS/c1-16-13-6-8-15(10-13)17-14-7-5-11-3-2-4-12(11)9-14/h5,7,9,13,15-16H,2-4,6,8,10H2,1H3. The summed E-state index contributed by atoms with van der Waals surface area (Å²) in [5, 5.41) is 4.23. The van der Waals surface area contributed by atoms with Crippen molar-refractivity contribution in [1.29, 1.82) is 0 Å². The zero-order valence-electron chi connectivity index (χ0n) is 10.5. The fourth-order valence-corrected chi connectivity index (χ4v) is 4.45. The van der Waals surface area contributed by atoms with Crippen LogP contribution >= 0.6 is 11.8 Å². The molecule has 1 aromatic rings. The van der Waals surface area contributed by atoms with E-state index in [1.807, 2.05) is 0 Å². The molecule has 0 aliphatic heterocycles. The molecule has 2 aliphatic rings. The Labute approximate surface area is 108 Å². The lowest BCUT2D eigenvalue weighted by molar-refractivity contribution is 0.583. The summed E-state index contributed by atoms with van der Waals surface area (Å²) in [5.41, 5.74) is 3.20. The Kier molecular flexibility index (Phi) is 3.44. The molecule has 0 radical (unpaired) electrons. The van der Waals surface area contributed by atoms with Crippen LogP contribution in [-0.2, 0) is 12.8 Å². The molecule has 1 nitrogen and oxygen atoms in total. The van der Waals surface area contributed by atoms with E-state index in [1.54, 1.807) is 11.1 Å². The van der Waals surface area contributed by atoms with Gasteiger partial charge in [-0.15, -0.1) is 11.8 Å². The molecule has 1 fully saturated rings. The van der Waals surface area contributed by atoms with Crippen LogP contribution in [0.25, 0.3) is 0 Å². The topological polar surface area (TPSA) is 12.0 Å². The van der Waals surface area contributed by atoms with Crippen molar-refractivity contribution >= 4 is 11.8 Å². The first kappa shape index (κ1) is 11.6. The summed E-state index contributed by atoms with van der Waals surface area (Å²) >= 11 is 2.10. The van der Waals surface area contributed by atoms with Crippen molar-refractivity contribution in [3.8, 4) is 0 Å². The Bertz CT molecular complexity index is 402. The minimum atomic E-state index is 0.752. The Morgan fingerprint density at radius 2 is 2.06 bits per heavy atom. The van der Waals surface area contributed by atoms with Crippen LogP contribution in [0.4, 0.5) is 0 Å². The average Bonchev–Trinajstić information content (AvgIpc) is 2.96. The van der Waals surface area contributed by atoms with Crippen molar-refractivity contribution in [2.75, 3.05) is 7.05 Å². The van der Waals surface area contributed by atoms with Crippen LogP contribution in [0, 0.1) is 0 Å². The lowest BCUT2D eigenvalue weighted by Gasteiger charge is -2.11. The van der Waals surface area contributed by atoms with Gasteiger partial charge in [0.2, 0.25) is 0 Å². The Hall–Kier alpha value is -0.470. The Morgan fingerprint density at radius 1 is 1.18 bits per heavy atom. The number of rotatable bonds is 3. The lowest BCUT2D eigenvalue weighted by Crippen LogP contribution is -2.21. The molecule has 0 amide bonds. The fourth-order valence-electron chi connectivity index (χ4n) is 3.12. The summed E-state index contributed by atoms with van der Waals surface area (Å²) in [6.45, 7) is 0. The third kappa shape index (κ3) is 2.53. The number of hydrogen-bond acceptors (Lipinski definition) is 2. The van der Waals surface area contributed by atoms with Crippen molar-refractivity contribution < 1.29 is 0 Å². The first-order valence-electron chi connectivity index (χ1n) is 6.81. The highest BCUT2D eigenvalue weighted by molar-refractivity contribution is 8.00. The number of fused-ring (bicyclic) bond motifs is 1. The summed E-state index contributed by atoms with van der Waals surface area (Å²) < 4.78 is 0. The SMILES string of the molecule is CNC1CCC(Sc2ccc3c(c2)CCC3)C1. The molecular weight excluding hydrogens is 226 g/mol. The smallest absolute Gasteiger partial charge is 0.0110 e. The maximum Gasteiger partial charge on any atom is 0.0110 e. The lowest BCUT2D eigenvalue weighted by atomic mass is 10.1. The van der Waals surface area contributed by atoms with Crippen LogP contribution in [0.15, 0.2) is 23.1 Å². The molecule has 0 bridgehead atoms. The minimum Gasteiger partial charge on any atom is -0.317 e. The van der Waals surface area contributed by atoms with Crippen LogP contribution in [0.2, 0.25) is 0 Å². The normalized spacial score (nSPS) is 27.4. The van der Waals surface area contributed by atoms with E-state index in [1.165, 1.54) is 43.4 Å². The van der Waals surface area contributed by atoms with E-state index < -0.39 is 0 Å². The summed E-state index contributed by atoms with van der Waals surface area (Å²) in [6.07, 6.45) is 8.00. The number of aryl methyl sites for hydroxylation is 2. The Morgan fingerprint density at radius 3 is 2.88 bits per heavy atom. The second-order valence-electron chi connectivity index (χ2n) is 5.32. The molecule has 17 heavy (non-hydrogen) atoms. The van der Waals surface area contributed by atoms with Gasteiger partial charge in [0.05, 0.1) is 0 Å². The first-order chi connectivity index (χ1) is 8.35. The summed E-state index contributed by atoms with van der Waals surface area (Å²) in [4.78, 5) is 1.49. The van der Waals surface area contributed by atoms with Crippen molar-refractivity contribution in [3.05, 3.63) is 29.3 Å². The van der Waals surface area contributed by atoms with Gasteiger partial charge in [0, 0.05) is 16.2 Å². The molecule has 0 spiro atoms. The summed E-state index contributed by atoms with van der Waals surface area (Å²) in [7, 11) is 2.09. The highest BCUT2D eigenvalue weighted by atomic mass is 32.2. The molecule has 3 rings (SSSR count). The van der Waals surface area contributed by atoms with Gasteiger partial charge in [0.25, 0.3) is 0 Å². The molecule has 0 saturated heterocycles. The van der Waals surface area contributed by atoms with Gasteiger partial charge < -0.3 is 5.32 Å². The number of nitrogens with one attached hydrogen (secondary N) is 1. The number of benzene rings is 1. The second kappa shape index (κ2) is 5.03. The summed E-state index contributed by atoms with van der Waals surface area (Å²) in [6, 6.07) is 7.89. The number of hydrogen-bond donors (Lipinski definition) is 1. The predicted octanol–water partition coefficient (Wildman–Crippen LogP) is 3.41. The van der Waals surface area contributed by atoms with E-state index in [0.29, 0.717) is 0 Å². The molecule has 2 heteroatoms. The van der Waals surface area contributed by atoms with Crippen LogP contribution < -0.4 is 5.32 Å². The van der Waals surface area contributed by atoms with Crippen LogP contribution in [0.3, 0.4) is 0 Å². The highest BCUT2D eigenvalue weighted by Crippen LogP contribution is 2.36. The molecule has 2 atom stereocenters. The summed E-state index contributed by atoms with van der Waals surface area (Å²) in [5.74, 6) is 0. The monoisotopic (exact) mass is 247 g/mol. The first-order valence-corrected chi connectivity index (χ1v) is 7.69. The maximum absolute atomic E-state index is 3.41. The van der Waals surface area contributed by atoms with Gasteiger partial charge in [-0.25, -0.2) is 0 Å². The van der Waals surface area contributed by atoms with Gasteiger partial charge in [-0.1, -0.05) is 6.07 Å². The van der Waals surface area contributed by atoms with E-state index in [9.17, 15) is 0 Å². The van der Waals surface area contributed by atoms with Crippen LogP contribution in [-0.4, -0.2) is 18.3 Å². The van der Waals surface area contributed by atoms with Gasteiger partial charge in [-0.3, -0.25) is 0 Å². The van der Waals surface area contributed by atoms with Crippen molar-refractivity contribution in [3.63, 3.8) is 0 Å². The number of thioether (sulfide) groups is 1. The van der Waals surface area contributed by atoms with Crippen molar-refractivity contribution in [2.45, 2.75) is 54.7 Å². The van der Waals surface area contributed by atoms with Gasteiger partial charge >= 0.3 is 0 Å². The minimum absolute atomic E-state index is 0.752. The molecule has 1 aromatic carbocycles. The van der Waals surface area contributed by atoms with Crippen LogP contribution in [0.1, 0.15) is 36.8 Å². The predicted molar refractivity (Wildman–Crippen MR) is 74.8 cm³/mol. The third-order valence-corrected chi connectivity index (χ3v) is 5.45. The molecule has 2 aliphatic carbocycles. The second-order valence-corrected chi connectivity index (χ2v) is 6.70. The van der Waals surface area contributed by atoms with E-state index in [2.05, 4.69) is 42.3 Å². The van der Waals surface area contributed by atoms with E-state index >= 15 is 0 Å². The van der Waals surface area contributed by atoms with E-state index in [-0.39, 0.29) is 0 Å². The van der Waals surface area contributed by atoms with Gasteiger partial charge in [0.1, 0.15) is 0 Å². The van der Waals surface area contributed by atoms with E-state index in [4.69, 9.17) is 0 Å². The largest absolute Gasteiger partial charge is 0.317 e. The van der Waals surface area contributed by atoms with Gasteiger partial charge in [-0.05, 0) is 68.8 Å². The van der Waals surface area contributed by atoms with Crippen molar-refractivity contribution in [2.24, 2.45) is 0 Å². The van der Waals surface area contributed by atoms with Gasteiger partial charge in [-0.2, -0.15) is 0 Å². The van der Waals surface area contributed by atoms with Gasteiger partial charge in [0.15, 0.2) is 0 Å². The molecule has 0 aromatic heterocycles. The molecule has 1 N–H and O–H groups in total. The zero-order chi connectivity index (χ0) is 11.7. The molecule has 1 saturated carbocycles. The molecular formula is C15H21NS. The Balaban J connectivity index is 1.65. The van der Waals surface area contributed by atoms with Crippen LogP contribution in [0.5, 0.6) is 0 Å². The maximum atomic E-state index is 3.41. The van der Waals surface area contributed by atoms with E-state index in [0.717, 1.165) is 11.3 Å². The van der Waals surface area contributed by atoms with Crippen molar-refractivity contribution in [1.82, 2.24) is 5.32 Å². The molecule has 0 heterocycles. The zero-order valence-corrected chi connectivity index (χ0v) is 11.4.